The first-order valence-electron chi connectivity index (χ1n) is 7.40. The van der Waals surface area contributed by atoms with E-state index in [2.05, 4.69) is 33.7 Å². The zero-order valence-electron chi connectivity index (χ0n) is 13.9. The number of rotatable bonds is 5. The van der Waals surface area contributed by atoms with Crippen LogP contribution in [-0.2, 0) is 11.3 Å². The van der Waals surface area contributed by atoms with Crippen molar-refractivity contribution < 1.29 is 4.79 Å². The molecule has 0 spiro atoms. The Morgan fingerprint density at radius 3 is 2.74 bits per heavy atom. The van der Waals surface area contributed by atoms with Crippen molar-refractivity contribution in [2.75, 3.05) is 37.5 Å². The number of anilines is 1. The summed E-state index contributed by atoms with van der Waals surface area (Å²) in [5.41, 5.74) is 3.26. The van der Waals surface area contributed by atoms with E-state index in [1.165, 1.54) is 5.56 Å². The van der Waals surface area contributed by atoms with Gasteiger partial charge >= 0.3 is 0 Å². The van der Waals surface area contributed by atoms with Gasteiger partial charge in [-0.3, -0.25) is 4.79 Å². The highest BCUT2D eigenvalue weighted by atomic mass is 35.5. The number of nitrogens with one attached hydrogen (secondary N) is 2. The summed E-state index contributed by atoms with van der Waals surface area (Å²) in [5.74, 6) is 2.26. The van der Waals surface area contributed by atoms with Gasteiger partial charge in [-0.25, -0.2) is 0 Å². The molecule has 23 heavy (non-hydrogen) atoms. The summed E-state index contributed by atoms with van der Waals surface area (Å²) in [6, 6.07) is 6.57. The van der Waals surface area contributed by atoms with E-state index in [4.69, 9.17) is 0 Å². The molecule has 0 saturated carbocycles. The van der Waals surface area contributed by atoms with Gasteiger partial charge < -0.3 is 15.5 Å². The van der Waals surface area contributed by atoms with Crippen LogP contribution in [0.15, 0.2) is 18.2 Å². The van der Waals surface area contributed by atoms with E-state index in [1.54, 1.807) is 0 Å². The molecule has 0 aliphatic carbocycles. The first kappa shape index (κ1) is 22.5. The number of halogens is 2. The quantitative estimate of drug-likeness (QED) is 0.825. The van der Waals surface area contributed by atoms with Gasteiger partial charge in [0.25, 0.3) is 0 Å². The molecule has 0 aromatic heterocycles. The molecule has 1 saturated heterocycles. The van der Waals surface area contributed by atoms with E-state index >= 15 is 0 Å². The number of benzene rings is 1. The molecule has 1 fully saturated rings. The molecule has 132 valence electrons. The van der Waals surface area contributed by atoms with Crippen LogP contribution in [0.5, 0.6) is 0 Å². The molecule has 1 aliphatic rings. The number of nitrogens with zero attached hydrogens (tertiary/aromatic N) is 1. The van der Waals surface area contributed by atoms with Crippen molar-refractivity contribution in [3.05, 3.63) is 29.3 Å². The van der Waals surface area contributed by atoms with E-state index in [-0.39, 0.29) is 30.7 Å². The zero-order valence-corrected chi connectivity index (χ0v) is 16.4. The van der Waals surface area contributed by atoms with Crippen LogP contribution >= 0.6 is 36.6 Å². The van der Waals surface area contributed by atoms with Crippen LogP contribution in [0, 0.1) is 6.92 Å². The molecule has 1 amide bonds. The molecule has 0 radical (unpaired) electrons. The molecule has 1 aromatic carbocycles. The lowest BCUT2D eigenvalue weighted by atomic mass is 10.1. The van der Waals surface area contributed by atoms with Gasteiger partial charge in [0.1, 0.15) is 0 Å². The maximum atomic E-state index is 12.2. The molecular formula is C16H27Cl2N3OS. The van der Waals surface area contributed by atoms with E-state index in [1.807, 2.05) is 32.8 Å². The average molecular weight is 380 g/mol. The minimum Gasteiger partial charge on any atom is -0.326 e. The van der Waals surface area contributed by atoms with Gasteiger partial charge in [0.15, 0.2) is 0 Å². The first-order chi connectivity index (χ1) is 10.0. The number of hydrogen-bond donors (Lipinski definition) is 2. The first-order valence-corrected chi connectivity index (χ1v) is 8.55. The predicted molar refractivity (Wildman–Crippen MR) is 105 cm³/mol. The fraction of sp³-hybridized carbons (Fsp3) is 0.562. The van der Waals surface area contributed by atoms with Crippen molar-refractivity contribution in [2.24, 2.45) is 0 Å². The second kappa shape index (κ2) is 11.2. The summed E-state index contributed by atoms with van der Waals surface area (Å²) >= 11 is 1.92. The molecule has 7 heteroatoms. The van der Waals surface area contributed by atoms with Gasteiger partial charge in [-0.2, -0.15) is 11.8 Å². The van der Waals surface area contributed by atoms with Crippen LogP contribution in [0.1, 0.15) is 17.5 Å². The molecule has 1 aliphatic heterocycles. The fourth-order valence-electron chi connectivity index (χ4n) is 2.44. The van der Waals surface area contributed by atoms with Crippen molar-refractivity contribution in [3.8, 4) is 0 Å². The largest absolute Gasteiger partial charge is 0.326 e. The molecular weight excluding hydrogens is 353 g/mol. The predicted octanol–water partition coefficient (Wildman–Crippen LogP) is 2.93. The van der Waals surface area contributed by atoms with Crippen molar-refractivity contribution in [3.63, 3.8) is 0 Å². The topological polar surface area (TPSA) is 44.4 Å². The Morgan fingerprint density at radius 2 is 2.13 bits per heavy atom. The van der Waals surface area contributed by atoms with Gasteiger partial charge in [-0.1, -0.05) is 12.1 Å². The minimum absolute atomic E-state index is 0. The summed E-state index contributed by atoms with van der Waals surface area (Å²) in [5, 5.41) is 6.46. The Labute approximate surface area is 156 Å². The van der Waals surface area contributed by atoms with Crippen LogP contribution in [0.3, 0.4) is 0 Å². The third-order valence-electron chi connectivity index (χ3n) is 3.51. The van der Waals surface area contributed by atoms with Crippen LogP contribution in [0.25, 0.3) is 0 Å². The van der Waals surface area contributed by atoms with Gasteiger partial charge in [0, 0.05) is 42.7 Å². The van der Waals surface area contributed by atoms with E-state index < -0.39 is 0 Å². The van der Waals surface area contributed by atoms with Gasteiger partial charge in [0.05, 0.1) is 0 Å². The summed E-state index contributed by atoms with van der Waals surface area (Å²) in [4.78, 5) is 14.3. The number of hydrogen-bond acceptors (Lipinski definition) is 4. The van der Waals surface area contributed by atoms with Gasteiger partial charge in [-0.15, -0.1) is 24.8 Å². The second-order valence-electron chi connectivity index (χ2n) is 5.87. The lowest BCUT2D eigenvalue weighted by Gasteiger charge is -2.22. The molecule has 0 bridgehead atoms. The van der Waals surface area contributed by atoms with Gasteiger partial charge in [-0.05, 0) is 38.2 Å². The normalized spacial score (nSPS) is 17.1. The molecule has 1 heterocycles. The number of aryl methyl sites for hydroxylation is 1. The minimum atomic E-state index is 0. The number of carbonyl (C=O) groups is 1. The highest BCUT2D eigenvalue weighted by molar-refractivity contribution is 7.99. The molecule has 4 nitrogen and oxygen atoms in total. The van der Waals surface area contributed by atoms with E-state index in [0.717, 1.165) is 35.8 Å². The summed E-state index contributed by atoms with van der Waals surface area (Å²) in [6.07, 6.45) is 0.546. The maximum absolute atomic E-state index is 12.2. The fourth-order valence-corrected chi connectivity index (χ4v) is 3.39. The Morgan fingerprint density at radius 1 is 1.39 bits per heavy atom. The Balaban J connectivity index is 0.00000242. The third-order valence-corrected chi connectivity index (χ3v) is 4.64. The standard InChI is InChI=1S/C16H25N3OS.2ClH/c1-12-4-5-13(10-19(2)3)8-15(12)18-16(20)9-14-11-21-7-6-17-14;;/h4-5,8,14,17H,6-7,9-11H2,1-3H3,(H,18,20);2*1H. The van der Waals surface area contributed by atoms with E-state index in [0.29, 0.717) is 12.5 Å². The highest BCUT2D eigenvalue weighted by Crippen LogP contribution is 2.19. The highest BCUT2D eigenvalue weighted by Gasteiger charge is 2.17. The lowest BCUT2D eigenvalue weighted by molar-refractivity contribution is -0.116. The number of thioether (sulfide) groups is 1. The number of amides is 1. The third kappa shape index (κ3) is 7.77. The van der Waals surface area contributed by atoms with Crippen molar-refractivity contribution in [2.45, 2.75) is 25.9 Å². The second-order valence-corrected chi connectivity index (χ2v) is 7.02. The van der Waals surface area contributed by atoms with Crippen LogP contribution in [0.2, 0.25) is 0 Å². The van der Waals surface area contributed by atoms with Crippen LogP contribution < -0.4 is 10.6 Å². The lowest BCUT2D eigenvalue weighted by Crippen LogP contribution is -2.39. The van der Waals surface area contributed by atoms with Crippen LogP contribution in [-0.4, -0.2) is 49.0 Å². The Kier molecular flexibility index (Phi) is 10.9. The summed E-state index contributed by atoms with van der Waals surface area (Å²) < 4.78 is 0. The zero-order chi connectivity index (χ0) is 15.2. The van der Waals surface area contributed by atoms with Crippen molar-refractivity contribution >= 4 is 48.2 Å². The molecule has 1 unspecified atom stereocenters. The smallest absolute Gasteiger partial charge is 0.225 e. The van der Waals surface area contributed by atoms with Gasteiger partial charge in [0.2, 0.25) is 5.91 Å². The van der Waals surface area contributed by atoms with E-state index in [9.17, 15) is 4.79 Å². The SMILES string of the molecule is Cc1ccc(CN(C)C)cc1NC(=O)CC1CSCCN1.Cl.Cl. The van der Waals surface area contributed by atoms with Crippen LogP contribution in [0.4, 0.5) is 5.69 Å². The molecule has 2 rings (SSSR count). The monoisotopic (exact) mass is 379 g/mol. The summed E-state index contributed by atoms with van der Waals surface area (Å²) in [7, 11) is 4.09. The molecule has 1 atom stereocenters. The molecule has 2 N–H and O–H groups in total. The Hall–Kier alpha value is -0.460. The Bertz CT molecular complexity index is 494. The number of carbonyl (C=O) groups excluding carboxylic acids is 1. The van der Waals surface area contributed by atoms with Crippen molar-refractivity contribution in [1.29, 1.82) is 0 Å². The maximum Gasteiger partial charge on any atom is 0.225 e. The average Bonchev–Trinajstić information content (AvgIpc) is 2.43. The summed E-state index contributed by atoms with van der Waals surface area (Å²) in [6.45, 7) is 3.91. The van der Waals surface area contributed by atoms with Crippen molar-refractivity contribution in [1.82, 2.24) is 10.2 Å². The molecule has 1 aromatic rings.